The summed E-state index contributed by atoms with van der Waals surface area (Å²) in [5.41, 5.74) is 0. The van der Waals surface area contributed by atoms with Crippen LogP contribution in [-0.4, -0.2) is 87.5 Å². The van der Waals surface area contributed by atoms with Gasteiger partial charge in [0.2, 0.25) is 5.91 Å². The van der Waals surface area contributed by atoms with Crippen molar-refractivity contribution in [3.8, 4) is 0 Å². The molecule has 1 aliphatic heterocycles. The van der Waals surface area contributed by atoms with Crippen LogP contribution in [0.2, 0.25) is 0 Å². The molecule has 1 heterocycles. The van der Waals surface area contributed by atoms with Crippen molar-refractivity contribution in [1.29, 1.82) is 0 Å². The predicted octanol–water partition coefficient (Wildman–Crippen LogP) is 13.5. The summed E-state index contributed by atoms with van der Waals surface area (Å²) in [5.74, 6) is -0.191. The largest absolute Gasteiger partial charge is 0.394 e. The number of hydrogen-bond donors (Lipinski definition) is 6. The van der Waals surface area contributed by atoms with Crippen LogP contribution >= 0.6 is 0 Å². The van der Waals surface area contributed by atoms with Gasteiger partial charge < -0.3 is 40.3 Å². The van der Waals surface area contributed by atoms with E-state index in [-0.39, 0.29) is 12.5 Å². The molecule has 0 saturated carbocycles. The minimum atomic E-state index is -1.57. The van der Waals surface area contributed by atoms with Gasteiger partial charge in [-0.1, -0.05) is 242 Å². The van der Waals surface area contributed by atoms with E-state index in [1.807, 2.05) is 6.08 Å². The third-order valence-electron chi connectivity index (χ3n) is 13.1. The van der Waals surface area contributed by atoms with Gasteiger partial charge in [0.05, 0.1) is 25.4 Å². The highest BCUT2D eigenvalue weighted by Crippen LogP contribution is 2.23. The molecule has 9 heteroatoms. The van der Waals surface area contributed by atoms with Crippen LogP contribution < -0.4 is 5.32 Å². The fourth-order valence-electron chi connectivity index (χ4n) is 8.68. The van der Waals surface area contributed by atoms with Crippen LogP contribution in [0.25, 0.3) is 0 Å². The number of unbranched alkanes of at least 4 members (excludes halogenated alkanes) is 29. The summed E-state index contributed by atoms with van der Waals surface area (Å²) in [5, 5.41) is 54.5. The summed E-state index contributed by atoms with van der Waals surface area (Å²) in [7, 11) is 0. The summed E-state index contributed by atoms with van der Waals surface area (Å²) in [6, 6.07) is -0.816. The average Bonchev–Trinajstić information content (AvgIpc) is 3.33. The molecule has 1 aliphatic rings. The first-order valence-electron chi connectivity index (χ1n) is 28.0. The topological polar surface area (TPSA) is 149 Å². The molecule has 0 radical (unpaired) electrons. The fraction of sp³-hybridized carbons (Fsp3) is 0.810. The molecule has 0 aromatic heterocycles. The molecule has 1 saturated heterocycles. The number of hydrogen-bond acceptors (Lipinski definition) is 8. The van der Waals surface area contributed by atoms with Crippen molar-refractivity contribution in [3.05, 3.63) is 60.8 Å². The highest BCUT2D eigenvalue weighted by Gasteiger charge is 2.44. The lowest BCUT2D eigenvalue weighted by atomic mass is 9.99. The number of ether oxygens (including phenoxy) is 2. The second-order valence-corrected chi connectivity index (χ2v) is 19.4. The molecule has 0 bridgehead atoms. The maximum Gasteiger partial charge on any atom is 0.220 e. The Hall–Kier alpha value is -2.11. The lowest BCUT2D eigenvalue weighted by Gasteiger charge is -2.40. The Morgan fingerprint density at radius 3 is 1.37 bits per heavy atom. The van der Waals surface area contributed by atoms with Crippen LogP contribution in [0, 0.1) is 0 Å². The predicted molar refractivity (Wildman–Crippen MR) is 281 cm³/mol. The highest BCUT2D eigenvalue weighted by atomic mass is 16.7. The normalized spacial score (nSPS) is 20.1. The Balaban J connectivity index is 2.25. The molecule has 6 N–H and O–H groups in total. The van der Waals surface area contributed by atoms with Crippen LogP contribution in [0.15, 0.2) is 60.8 Å². The first-order valence-corrected chi connectivity index (χ1v) is 28.0. The van der Waals surface area contributed by atoms with Crippen LogP contribution in [-0.2, 0) is 14.3 Å². The van der Waals surface area contributed by atoms with E-state index in [4.69, 9.17) is 9.47 Å². The molecule has 9 nitrogen and oxygen atoms in total. The average molecular weight is 944 g/mol. The number of allylic oxidation sites excluding steroid dienone is 9. The van der Waals surface area contributed by atoms with E-state index >= 15 is 0 Å². The van der Waals surface area contributed by atoms with E-state index in [1.54, 1.807) is 6.08 Å². The zero-order chi connectivity index (χ0) is 48.7. The van der Waals surface area contributed by atoms with Crippen molar-refractivity contribution in [2.24, 2.45) is 0 Å². The number of nitrogens with one attached hydrogen (secondary N) is 1. The Morgan fingerprint density at radius 2 is 0.925 bits per heavy atom. The molecule has 1 rings (SSSR count). The van der Waals surface area contributed by atoms with Crippen LogP contribution in [0.4, 0.5) is 0 Å². The molecule has 1 amide bonds. The SMILES string of the molecule is CC/C=C\C/C=C\C/C=C\C/C=C\CCCCCCCCC(=O)NC(COC1OC(CO)C(O)C(O)C1O)C(O)/C=C/CCCCCCCCCCCCCCCCCCCCCCCCC. The molecule has 0 spiro atoms. The minimum Gasteiger partial charge on any atom is -0.394 e. The molecular formula is C58H105NO8. The second kappa shape index (κ2) is 47.6. The van der Waals surface area contributed by atoms with Crippen molar-refractivity contribution in [1.82, 2.24) is 5.32 Å². The van der Waals surface area contributed by atoms with E-state index in [2.05, 4.69) is 67.8 Å². The standard InChI is InChI=1S/C58H105NO8/c1-3-5-7-9-11-13-15-17-19-21-23-24-25-26-27-28-30-31-33-35-37-39-41-43-45-47-52(61)51(50-66-58-57(65)56(64)55(63)53(49-60)67-58)59-54(62)48-46-44-42-40-38-36-34-32-29-22-20-18-16-14-12-10-8-6-4-2/h6,8,12,14,18,20,29,32,45,47,51-53,55-58,60-61,63-65H,3-5,7,9-11,13,15-17,19,21-28,30-31,33-44,46,48-50H2,1-2H3,(H,59,62)/b8-6-,14-12-,20-18-,32-29-,47-45+. The van der Waals surface area contributed by atoms with Gasteiger partial charge in [-0.2, -0.15) is 0 Å². The van der Waals surface area contributed by atoms with E-state index in [0.29, 0.717) is 6.42 Å². The molecule has 0 aromatic carbocycles. The van der Waals surface area contributed by atoms with Crippen LogP contribution in [0.1, 0.15) is 245 Å². The van der Waals surface area contributed by atoms with Gasteiger partial charge in [-0.25, -0.2) is 0 Å². The minimum absolute atomic E-state index is 0.191. The summed E-state index contributed by atoms with van der Waals surface area (Å²) >= 11 is 0. The lowest BCUT2D eigenvalue weighted by molar-refractivity contribution is -0.302. The first kappa shape index (κ1) is 62.9. The fourth-order valence-corrected chi connectivity index (χ4v) is 8.68. The molecule has 390 valence electrons. The van der Waals surface area contributed by atoms with Gasteiger partial charge in [0.1, 0.15) is 24.4 Å². The lowest BCUT2D eigenvalue weighted by Crippen LogP contribution is -2.60. The van der Waals surface area contributed by atoms with Crippen LogP contribution in [0.3, 0.4) is 0 Å². The summed E-state index contributed by atoms with van der Waals surface area (Å²) in [4.78, 5) is 13.0. The van der Waals surface area contributed by atoms with E-state index in [0.717, 1.165) is 83.5 Å². The third-order valence-corrected chi connectivity index (χ3v) is 13.1. The molecule has 7 atom stereocenters. The quantitative estimate of drug-likeness (QED) is 0.0261. The van der Waals surface area contributed by atoms with E-state index in [1.165, 1.54) is 141 Å². The summed E-state index contributed by atoms with van der Waals surface area (Å²) < 4.78 is 11.3. The van der Waals surface area contributed by atoms with Gasteiger partial charge in [-0.3, -0.25) is 4.79 Å². The molecule has 67 heavy (non-hydrogen) atoms. The Labute approximate surface area is 411 Å². The number of aliphatic hydroxyl groups is 5. The maximum absolute atomic E-state index is 13.0. The zero-order valence-corrected chi connectivity index (χ0v) is 43.1. The second-order valence-electron chi connectivity index (χ2n) is 19.4. The number of carbonyl (C=O) groups excluding carboxylic acids is 1. The highest BCUT2D eigenvalue weighted by molar-refractivity contribution is 5.76. The monoisotopic (exact) mass is 944 g/mol. The summed E-state index contributed by atoms with van der Waals surface area (Å²) in [6.07, 6.45) is 57.1. The maximum atomic E-state index is 13.0. The van der Waals surface area contributed by atoms with Crippen molar-refractivity contribution >= 4 is 5.91 Å². The molecule has 1 fully saturated rings. The number of aliphatic hydroxyl groups excluding tert-OH is 5. The van der Waals surface area contributed by atoms with Gasteiger partial charge >= 0.3 is 0 Å². The molecule has 7 unspecified atom stereocenters. The smallest absolute Gasteiger partial charge is 0.220 e. The molecule has 0 aliphatic carbocycles. The Kier molecular flexibility index (Phi) is 44.7. The first-order chi connectivity index (χ1) is 32.8. The van der Waals surface area contributed by atoms with Gasteiger partial charge in [0, 0.05) is 6.42 Å². The van der Waals surface area contributed by atoms with Crippen molar-refractivity contribution in [2.75, 3.05) is 13.2 Å². The Bertz CT molecular complexity index is 1230. The van der Waals surface area contributed by atoms with Crippen molar-refractivity contribution in [3.63, 3.8) is 0 Å². The van der Waals surface area contributed by atoms with Crippen molar-refractivity contribution < 1.29 is 39.8 Å². The zero-order valence-electron chi connectivity index (χ0n) is 43.1. The van der Waals surface area contributed by atoms with Gasteiger partial charge in [-0.15, -0.1) is 0 Å². The molecule has 0 aromatic rings. The number of amides is 1. The third kappa shape index (κ3) is 37.4. The summed E-state index contributed by atoms with van der Waals surface area (Å²) in [6.45, 7) is 3.67. The van der Waals surface area contributed by atoms with Gasteiger partial charge in [-0.05, 0) is 57.8 Å². The number of rotatable bonds is 47. The Morgan fingerprint density at radius 1 is 0.522 bits per heavy atom. The number of carbonyl (C=O) groups is 1. The van der Waals surface area contributed by atoms with Crippen LogP contribution in [0.5, 0.6) is 0 Å². The van der Waals surface area contributed by atoms with Crippen molar-refractivity contribution in [2.45, 2.75) is 288 Å². The molecular weight excluding hydrogens is 839 g/mol. The van der Waals surface area contributed by atoms with E-state index < -0.39 is 49.5 Å². The van der Waals surface area contributed by atoms with E-state index in [9.17, 15) is 30.3 Å². The van der Waals surface area contributed by atoms with Gasteiger partial charge in [0.15, 0.2) is 6.29 Å². The van der Waals surface area contributed by atoms with Gasteiger partial charge in [0.25, 0.3) is 0 Å².